The molecule has 25 heavy (non-hydrogen) atoms. The van der Waals surface area contributed by atoms with E-state index in [1.165, 1.54) is 0 Å². The SMILES string of the molecule is CNc1cc(C(=O)NCc2ccc3c(c2)OCO3)c2ccccc2n1. The molecule has 0 atom stereocenters. The normalized spacial score (nSPS) is 12.2. The minimum atomic E-state index is -0.146. The third-order valence-electron chi connectivity index (χ3n) is 4.11. The fourth-order valence-electron chi connectivity index (χ4n) is 2.82. The van der Waals surface area contributed by atoms with Gasteiger partial charge in [-0.15, -0.1) is 0 Å². The van der Waals surface area contributed by atoms with E-state index in [9.17, 15) is 4.79 Å². The lowest BCUT2D eigenvalue weighted by Crippen LogP contribution is -2.23. The fraction of sp³-hybridized carbons (Fsp3) is 0.158. The summed E-state index contributed by atoms with van der Waals surface area (Å²) in [6.45, 7) is 0.641. The van der Waals surface area contributed by atoms with Crippen LogP contribution in [0, 0.1) is 0 Å². The number of rotatable bonds is 4. The zero-order chi connectivity index (χ0) is 17.2. The predicted molar refractivity (Wildman–Crippen MR) is 95.0 cm³/mol. The number of carbonyl (C=O) groups is 1. The van der Waals surface area contributed by atoms with Gasteiger partial charge in [-0.1, -0.05) is 24.3 Å². The van der Waals surface area contributed by atoms with Gasteiger partial charge in [0, 0.05) is 19.0 Å². The molecular formula is C19H17N3O3. The van der Waals surface area contributed by atoms with E-state index in [4.69, 9.17) is 9.47 Å². The minimum Gasteiger partial charge on any atom is -0.454 e. The first-order valence-corrected chi connectivity index (χ1v) is 7.99. The minimum absolute atomic E-state index is 0.146. The zero-order valence-electron chi connectivity index (χ0n) is 13.7. The number of para-hydroxylation sites is 1. The molecular weight excluding hydrogens is 318 g/mol. The maximum absolute atomic E-state index is 12.7. The standard InChI is InChI=1S/C19H17N3O3/c1-20-18-9-14(13-4-2-3-5-15(13)22-18)19(23)21-10-12-6-7-16-17(8-12)25-11-24-16/h2-9H,10-11H2,1H3,(H,20,22)(H,21,23). The number of nitrogens with one attached hydrogen (secondary N) is 2. The van der Waals surface area contributed by atoms with E-state index in [2.05, 4.69) is 15.6 Å². The van der Waals surface area contributed by atoms with Crippen LogP contribution in [0.4, 0.5) is 5.82 Å². The topological polar surface area (TPSA) is 72.5 Å². The molecule has 1 amide bonds. The lowest BCUT2D eigenvalue weighted by molar-refractivity contribution is 0.0952. The Hall–Kier alpha value is -3.28. The Balaban J connectivity index is 1.58. The number of ether oxygens (including phenoxy) is 2. The molecule has 2 aromatic carbocycles. The van der Waals surface area contributed by atoms with Crippen LogP contribution in [0.25, 0.3) is 10.9 Å². The van der Waals surface area contributed by atoms with Gasteiger partial charge in [0.25, 0.3) is 5.91 Å². The molecule has 1 aliphatic heterocycles. The van der Waals surface area contributed by atoms with E-state index < -0.39 is 0 Å². The summed E-state index contributed by atoms with van der Waals surface area (Å²) in [4.78, 5) is 17.2. The average molecular weight is 335 g/mol. The van der Waals surface area contributed by atoms with Gasteiger partial charge in [-0.25, -0.2) is 4.98 Å². The van der Waals surface area contributed by atoms with Crippen molar-refractivity contribution < 1.29 is 14.3 Å². The lowest BCUT2D eigenvalue weighted by atomic mass is 10.1. The van der Waals surface area contributed by atoms with E-state index in [1.807, 2.05) is 42.5 Å². The second kappa shape index (κ2) is 6.32. The van der Waals surface area contributed by atoms with Gasteiger partial charge in [-0.05, 0) is 29.8 Å². The van der Waals surface area contributed by atoms with E-state index in [0.717, 1.165) is 22.2 Å². The number of anilines is 1. The Labute approximate surface area is 144 Å². The Morgan fingerprint density at radius 3 is 2.84 bits per heavy atom. The second-order valence-corrected chi connectivity index (χ2v) is 5.69. The smallest absolute Gasteiger partial charge is 0.252 e. The summed E-state index contributed by atoms with van der Waals surface area (Å²) >= 11 is 0. The van der Waals surface area contributed by atoms with Crippen LogP contribution in [0.1, 0.15) is 15.9 Å². The van der Waals surface area contributed by atoms with Crippen LogP contribution in [-0.4, -0.2) is 24.7 Å². The largest absolute Gasteiger partial charge is 0.454 e. The number of aromatic nitrogens is 1. The van der Waals surface area contributed by atoms with Crippen molar-refractivity contribution in [2.75, 3.05) is 19.2 Å². The summed E-state index contributed by atoms with van der Waals surface area (Å²) in [5.41, 5.74) is 2.32. The van der Waals surface area contributed by atoms with Gasteiger partial charge in [-0.3, -0.25) is 4.79 Å². The summed E-state index contributed by atoms with van der Waals surface area (Å²) in [6, 6.07) is 15.0. The van der Waals surface area contributed by atoms with Gasteiger partial charge in [0.2, 0.25) is 6.79 Å². The Morgan fingerprint density at radius 1 is 1.12 bits per heavy atom. The van der Waals surface area contributed by atoms with E-state index in [0.29, 0.717) is 23.7 Å². The quantitative estimate of drug-likeness (QED) is 0.767. The number of hydrogen-bond acceptors (Lipinski definition) is 5. The van der Waals surface area contributed by atoms with E-state index >= 15 is 0 Å². The first-order valence-electron chi connectivity index (χ1n) is 7.99. The van der Waals surface area contributed by atoms with Gasteiger partial charge in [-0.2, -0.15) is 0 Å². The Morgan fingerprint density at radius 2 is 1.96 bits per heavy atom. The van der Waals surface area contributed by atoms with Crippen LogP contribution in [0.3, 0.4) is 0 Å². The molecule has 0 bridgehead atoms. The molecule has 0 saturated heterocycles. The maximum Gasteiger partial charge on any atom is 0.252 e. The van der Waals surface area contributed by atoms with Crippen LogP contribution >= 0.6 is 0 Å². The predicted octanol–water partition coefficient (Wildman–Crippen LogP) is 2.94. The molecule has 0 fully saturated rings. The molecule has 6 heteroatoms. The Bertz CT molecular complexity index is 956. The molecule has 6 nitrogen and oxygen atoms in total. The molecule has 126 valence electrons. The zero-order valence-corrected chi connectivity index (χ0v) is 13.7. The van der Waals surface area contributed by atoms with E-state index in [1.54, 1.807) is 13.1 Å². The number of fused-ring (bicyclic) bond motifs is 2. The van der Waals surface area contributed by atoms with E-state index in [-0.39, 0.29) is 12.7 Å². The molecule has 3 aromatic rings. The highest BCUT2D eigenvalue weighted by Crippen LogP contribution is 2.32. The first-order chi connectivity index (χ1) is 12.2. The molecule has 0 radical (unpaired) electrons. The van der Waals surface area contributed by atoms with Crippen molar-refractivity contribution in [3.63, 3.8) is 0 Å². The number of nitrogens with zero attached hydrogens (tertiary/aromatic N) is 1. The highest BCUT2D eigenvalue weighted by atomic mass is 16.7. The van der Waals surface area contributed by atoms with Crippen molar-refractivity contribution in [2.45, 2.75) is 6.54 Å². The second-order valence-electron chi connectivity index (χ2n) is 5.69. The van der Waals surface area contributed by atoms with Crippen molar-refractivity contribution in [1.29, 1.82) is 0 Å². The summed E-state index contributed by atoms with van der Waals surface area (Å²) in [7, 11) is 1.78. The van der Waals surface area contributed by atoms with Crippen molar-refractivity contribution >= 4 is 22.6 Å². The highest BCUT2D eigenvalue weighted by Gasteiger charge is 2.15. The van der Waals surface area contributed by atoms with Gasteiger partial charge >= 0.3 is 0 Å². The highest BCUT2D eigenvalue weighted by molar-refractivity contribution is 6.06. The van der Waals surface area contributed by atoms with Gasteiger partial charge in [0.1, 0.15) is 5.82 Å². The number of carbonyl (C=O) groups excluding carboxylic acids is 1. The first kappa shape index (κ1) is 15.3. The fourth-order valence-corrected chi connectivity index (χ4v) is 2.82. The summed E-state index contributed by atoms with van der Waals surface area (Å²) in [6.07, 6.45) is 0. The molecule has 1 aliphatic rings. The van der Waals surface area contributed by atoms with Gasteiger partial charge in [0.05, 0.1) is 11.1 Å². The maximum atomic E-state index is 12.7. The molecule has 0 unspecified atom stereocenters. The van der Waals surface area contributed by atoms with Crippen molar-refractivity contribution in [3.05, 3.63) is 59.7 Å². The number of pyridine rings is 1. The van der Waals surface area contributed by atoms with Crippen LogP contribution in [0.2, 0.25) is 0 Å². The van der Waals surface area contributed by atoms with Crippen molar-refractivity contribution in [1.82, 2.24) is 10.3 Å². The molecule has 4 rings (SSSR count). The summed E-state index contributed by atoms with van der Waals surface area (Å²) in [5, 5.41) is 6.78. The van der Waals surface area contributed by atoms with Gasteiger partial charge < -0.3 is 20.1 Å². The molecule has 1 aromatic heterocycles. The number of benzene rings is 2. The van der Waals surface area contributed by atoms with Crippen LogP contribution in [-0.2, 0) is 6.54 Å². The molecule has 2 N–H and O–H groups in total. The average Bonchev–Trinajstić information content (AvgIpc) is 3.13. The van der Waals surface area contributed by atoms with Crippen LogP contribution in [0.5, 0.6) is 11.5 Å². The van der Waals surface area contributed by atoms with Crippen molar-refractivity contribution in [2.24, 2.45) is 0 Å². The monoisotopic (exact) mass is 335 g/mol. The summed E-state index contributed by atoms with van der Waals surface area (Å²) in [5.74, 6) is 1.95. The molecule has 0 aliphatic carbocycles. The lowest BCUT2D eigenvalue weighted by Gasteiger charge is -2.10. The molecule has 0 spiro atoms. The third kappa shape index (κ3) is 2.94. The van der Waals surface area contributed by atoms with Gasteiger partial charge in [0.15, 0.2) is 11.5 Å². The third-order valence-corrected chi connectivity index (χ3v) is 4.11. The van der Waals surface area contributed by atoms with Crippen molar-refractivity contribution in [3.8, 4) is 11.5 Å². The number of amides is 1. The molecule has 0 saturated carbocycles. The van der Waals surface area contributed by atoms with Crippen LogP contribution in [0.15, 0.2) is 48.5 Å². The Kier molecular flexibility index (Phi) is 3.85. The number of hydrogen-bond donors (Lipinski definition) is 2. The van der Waals surface area contributed by atoms with Crippen LogP contribution < -0.4 is 20.1 Å². The summed E-state index contributed by atoms with van der Waals surface area (Å²) < 4.78 is 10.7. The molecule has 2 heterocycles.